The summed E-state index contributed by atoms with van der Waals surface area (Å²) in [5, 5.41) is 10.8. The van der Waals surface area contributed by atoms with E-state index in [1.165, 1.54) is 6.07 Å². The fraction of sp³-hybridized carbons (Fsp3) is 0.182. The number of nitrogens with zero attached hydrogens (tertiary/aromatic N) is 3. The molecular weight excluding hydrogens is 242 g/mol. The summed E-state index contributed by atoms with van der Waals surface area (Å²) in [5.74, 6) is 0.337. The van der Waals surface area contributed by atoms with Crippen molar-refractivity contribution in [1.29, 1.82) is 0 Å². The fourth-order valence-electron chi connectivity index (χ4n) is 1.58. The lowest BCUT2D eigenvalue weighted by molar-refractivity contribution is -0.385. The van der Waals surface area contributed by atoms with Gasteiger partial charge in [0.15, 0.2) is 0 Å². The molecule has 0 spiro atoms. The van der Waals surface area contributed by atoms with Gasteiger partial charge in [0.05, 0.1) is 29.4 Å². The Morgan fingerprint density at radius 1 is 1.41 bits per heavy atom. The summed E-state index contributed by atoms with van der Waals surface area (Å²) in [6.45, 7) is 0.418. The van der Waals surface area contributed by atoms with Gasteiger partial charge in [-0.05, 0) is 0 Å². The number of halogens is 1. The molecule has 2 rings (SSSR count). The van der Waals surface area contributed by atoms with Gasteiger partial charge in [0.1, 0.15) is 0 Å². The van der Waals surface area contributed by atoms with Crippen LogP contribution < -0.4 is 0 Å². The molecule has 5 nitrogen and oxygen atoms in total. The average molecular weight is 252 g/mol. The lowest BCUT2D eigenvalue weighted by Gasteiger charge is -2.03. The molecule has 0 unspecified atom stereocenters. The highest BCUT2D eigenvalue weighted by atomic mass is 35.5. The van der Waals surface area contributed by atoms with Gasteiger partial charge in [-0.2, -0.15) is 0 Å². The minimum absolute atomic E-state index is 0.119. The van der Waals surface area contributed by atoms with E-state index in [0.29, 0.717) is 18.0 Å². The predicted octanol–water partition coefficient (Wildman–Crippen LogP) is 2.58. The summed E-state index contributed by atoms with van der Waals surface area (Å²) < 4.78 is 1.78. The maximum Gasteiger partial charge on any atom is 0.274 e. The molecule has 0 radical (unpaired) electrons. The summed E-state index contributed by atoms with van der Waals surface area (Å²) in [6, 6.07) is 6.66. The van der Waals surface area contributed by atoms with Crippen LogP contribution in [0.5, 0.6) is 0 Å². The number of hydrogen-bond donors (Lipinski definition) is 0. The van der Waals surface area contributed by atoms with Crippen molar-refractivity contribution in [3.8, 4) is 0 Å². The summed E-state index contributed by atoms with van der Waals surface area (Å²) >= 11 is 5.64. The topological polar surface area (TPSA) is 61.0 Å². The van der Waals surface area contributed by atoms with Crippen LogP contribution in [0, 0.1) is 10.1 Å². The van der Waals surface area contributed by atoms with Crippen molar-refractivity contribution in [3.63, 3.8) is 0 Å². The second kappa shape index (κ2) is 4.97. The Kier molecular flexibility index (Phi) is 3.39. The molecule has 88 valence electrons. The molecule has 0 aliphatic carbocycles. The molecule has 17 heavy (non-hydrogen) atoms. The number of benzene rings is 1. The zero-order chi connectivity index (χ0) is 12.3. The number of hydrogen-bond acceptors (Lipinski definition) is 3. The second-order valence-corrected chi connectivity index (χ2v) is 3.82. The van der Waals surface area contributed by atoms with Gasteiger partial charge in [-0.1, -0.05) is 18.2 Å². The van der Waals surface area contributed by atoms with E-state index in [4.69, 9.17) is 11.6 Å². The van der Waals surface area contributed by atoms with E-state index < -0.39 is 0 Å². The largest absolute Gasteiger partial charge is 0.332 e. The van der Waals surface area contributed by atoms with E-state index in [-0.39, 0.29) is 10.6 Å². The van der Waals surface area contributed by atoms with Crippen LogP contribution in [-0.2, 0) is 12.4 Å². The molecule has 1 heterocycles. The van der Waals surface area contributed by atoms with E-state index in [1.807, 2.05) is 0 Å². The van der Waals surface area contributed by atoms with Gasteiger partial charge in [0.2, 0.25) is 0 Å². The SMILES string of the molecule is O=[N+]([O-])c1ccccc1Cn1cnc(CCl)c1. The highest BCUT2D eigenvalue weighted by molar-refractivity contribution is 6.16. The maximum absolute atomic E-state index is 10.8. The van der Waals surface area contributed by atoms with Crippen LogP contribution in [0.25, 0.3) is 0 Å². The quantitative estimate of drug-likeness (QED) is 0.477. The van der Waals surface area contributed by atoms with Gasteiger partial charge >= 0.3 is 0 Å². The van der Waals surface area contributed by atoms with Crippen LogP contribution in [-0.4, -0.2) is 14.5 Å². The summed E-state index contributed by atoms with van der Waals surface area (Å²) in [6.07, 6.45) is 3.40. The van der Waals surface area contributed by atoms with E-state index >= 15 is 0 Å². The highest BCUT2D eigenvalue weighted by Gasteiger charge is 2.12. The fourth-order valence-corrected chi connectivity index (χ4v) is 1.72. The molecule has 0 saturated carbocycles. The van der Waals surface area contributed by atoms with E-state index in [9.17, 15) is 10.1 Å². The first-order chi connectivity index (χ1) is 8.20. The van der Waals surface area contributed by atoms with Crippen LogP contribution in [0.3, 0.4) is 0 Å². The number of rotatable bonds is 4. The number of nitro groups is 1. The maximum atomic E-state index is 10.8. The van der Waals surface area contributed by atoms with Gasteiger partial charge in [-0.15, -0.1) is 11.6 Å². The van der Waals surface area contributed by atoms with Gasteiger partial charge in [0, 0.05) is 17.8 Å². The molecule has 0 atom stereocenters. The molecule has 6 heteroatoms. The summed E-state index contributed by atoms with van der Waals surface area (Å²) in [5.41, 5.74) is 1.52. The van der Waals surface area contributed by atoms with Gasteiger partial charge in [-0.3, -0.25) is 10.1 Å². The van der Waals surface area contributed by atoms with Gasteiger partial charge in [-0.25, -0.2) is 4.98 Å². The van der Waals surface area contributed by atoms with E-state index in [1.54, 1.807) is 35.3 Å². The molecule has 0 amide bonds. The third kappa shape index (κ3) is 2.62. The molecular formula is C11H10ClN3O2. The first-order valence-corrected chi connectivity index (χ1v) is 5.53. The van der Waals surface area contributed by atoms with Crippen molar-refractivity contribution >= 4 is 17.3 Å². The average Bonchev–Trinajstić information content (AvgIpc) is 2.77. The van der Waals surface area contributed by atoms with Crippen molar-refractivity contribution in [2.24, 2.45) is 0 Å². The Hall–Kier alpha value is -1.88. The third-order valence-electron chi connectivity index (χ3n) is 2.36. The molecule has 2 aromatic rings. The minimum atomic E-state index is -0.380. The summed E-state index contributed by atoms with van der Waals surface area (Å²) in [7, 11) is 0. The van der Waals surface area contributed by atoms with Crippen molar-refractivity contribution in [2.75, 3.05) is 0 Å². The highest BCUT2D eigenvalue weighted by Crippen LogP contribution is 2.18. The smallest absolute Gasteiger partial charge is 0.274 e. The molecule has 1 aromatic heterocycles. The Bertz CT molecular complexity index is 539. The van der Waals surface area contributed by atoms with Crippen molar-refractivity contribution in [1.82, 2.24) is 9.55 Å². The molecule has 0 aliphatic heterocycles. The third-order valence-corrected chi connectivity index (χ3v) is 2.64. The monoisotopic (exact) mass is 251 g/mol. The lowest BCUT2D eigenvalue weighted by Crippen LogP contribution is -2.01. The molecule has 0 fully saturated rings. The number of imidazole rings is 1. The minimum Gasteiger partial charge on any atom is -0.332 e. The van der Waals surface area contributed by atoms with Gasteiger partial charge < -0.3 is 4.57 Å². The Morgan fingerprint density at radius 2 is 2.18 bits per heavy atom. The normalized spacial score (nSPS) is 10.4. The molecule has 0 N–H and O–H groups in total. The van der Waals surface area contributed by atoms with Crippen LogP contribution in [0.15, 0.2) is 36.8 Å². The lowest BCUT2D eigenvalue weighted by atomic mass is 10.2. The molecule has 1 aromatic carbocycles. The molecule has 0 saturated heterocycles. The van der Waals surface area contributed by atoms with Crippen LogP contribution in [0.2, 0.25) is 0 Å². The van der Waals surface area contributed by atoms with E-state index in [2.05, 4.69) is 4.98 Å². The number of para-hydroxylation sites is 1. The Labute approximate surface area is 103 Å². The second-order valence-electron chi connectivity index (χ2n) is 3.56. The zero-order valence-electron chi connectivity index (χ0n) is 8.91. The van der Waals surface area contributed by atoms with E-state index in [0.717, 1.165) is 5.69 Å². The van der Waals surface area contributed by atoms with Crippen LogP contribution in [0.4, 0.5) is 5.69 Å². The molecule has 0 aliphatic rings. The Balaban J connectivity index is 2.26. The predicted molar refractivity (Wildman–Crippen MR) is 64.0 cm³/mol. The number of alkyl halides is 1. The Morgan fingerprint density at radius 3 is 2.82 bits per heavy atom. The van der Waals surface area contributed by atoms with Crippen molar-refractivity contribution < 1.29 is 4.92 Å². The van der Waals surface area contributed by atoms with Crippen molar-refractivity contribution in [2.45, 2.75) is 12.4 Å². The zero-order valence-corrected chi connectivity index (χ0v) is 9.67. The standard InChI is InChI=1S/C11H10ClN3O2/c12-5-10-7-14(8-13-10)6-9-3-1-2-4-11(9)15(16)17/h1-4,7-8H,5-6H2. The first kappa shape index (κ1) is 11.6. The van der Waals surface area contributed by atoms with Crippen LogP contribution >= 0.6 is 11.6 Å². The number of aromatic nitrogens is 2. The first-order valence-electron chi connectivity index (χ1n) is 4.99. The molecule has 0 bridgehead atoms. The van der Waals surface area contributed by atoms with Crippen LogP contribution in [0.1, 0.15) is 11.3 Å². The summed E-state index contributed by atoms with van der Waals surface area (Å²) in [4.78, 5) is 14.5. The number of nitro benzene ring substituents is 1. The van der Waals surface area contributed by atoms with Crippen molar-refractivity contribution in [3.05, 3.63) is 58.2 Å². The van der Waals surface area contributed by atoms with Gasteiger partial charge in [0.25, 0.3) is 5.69 Å².